The van der Waals surface area contributed by atoms with Crippen LogP contribution in [0.25, 0.3) is 0 Å². The molecule has 0 spiro atoms. The fourth-order valence-corrected chi connectivity index (χ4v) is 0.254. The zero-order valence-electron chi connectivity index (χ0n) is 4.46. The van der Waals surface area contributed by atoms with Crippen molar-refractivity contribution in [2.24, 2.45) is 0 Å². The zero-order chi connectivity index (χ0) is 5.54. The molecule has 0 amide bonds. The van der Waals surface area contributed by atoms with Crippen LogP contribution in [0.4, 0.5) is 0 Å². The number of hydrogen-bond acceptors (Lipinski definition) is 1. The zero-order valence-corrected chi connectivity index (χ0v) is 4.46. The Labute approximate surface area is 43.9 Å². The topological polar surface area (TPSA) is 34.3 Å². The highest BCUT2D eigenvalue weighted by molar-refractivity contribution is 4.81. The lowest BCUT2D eigenvalue weighted by Crippen LogP contribution is -1.94. The summed E-state index contributed by atoms with van der Waals surface area (Å²) in [5.74, 6) is 0. The summed E-state index contributed by atoms with van der Waals surface area (Å²) in [5.41, 5.74) is 0. The molecule has 0 fully saturated rings. The van der Waals surface area contributed by atoms with Crippen molar-refractivity contribution in [2.75, 3.05) is 20.2 Å². The Morgan fingerprint density at radius 1 is 1.57 bits per heavy atom. The molecule has 0 atom stereocenters. The van der Waals surface area contributed by atoms with E-state index in [1.165, 1.54) is 0 Å². The van der Waals surface area contributed by atoms with Crippen molar-refractivity contribution in [3.05, 3.63) is 12.2 Å². The molecule has 41 valence electrons. The molecule has 0 aromatic carbocycles. The fraction of sp³-hybridized carbons (Fsp3) is 0.600. The van der Waals surface area contributed by atoms with Gasteiger partial charge in [0.25, 0.3) is 0 Å². The lowest BCUT2D eigenvalue weighted by molar-refractivity contribution is 0.342. The minimum atomic E-state index is 0.121. The van der Waals surface area contributed by atoms with Crippen molar-refractivity contribution in [1.29, 1.82) is 0 Å². The van der Waals surface area contributed by atoms with Gasteiger partial charge in [-0.05, 0) is 0 Å². The third kappa shape index (κ3) is 5.66. The van der Waals surface area contributed by atoms with Crippen molar-refractivity contribution in [1.82, 2.24) is 5.32 Å². The van der Waals surface area contributed by atoms with Crippen LogP contribution in [0.2, 0.25) is 0 Å². The minimum Gasteiger partial charge on any atom is -0.392 e. The molecule has 1 radical (unpaired) electrons. The molecule has 0 aliphatic rings. The van der Waals surface area contributed by atoms with E-state index < -0.39 is 0 Å². The molecule has 2 nitrogen and oxygen atoms in total. The van der Waals surface area contributed by atoms with Gasteiger partial charge in [0.15, 0.2) is 0 Å². The number of rotatable bonds is 3. The van der Waals surface area contributed by atoms with Crippen LogP contribution in [-0.2, 0) is 0 Å². The largest absolute Gasteiger partial charge is 0.392 e. The van der Waals surface area contributed by atoms with Crippen molar-refractivity contribution < 1.29 is 5.11 Å². The maximum Gasteiger partial charge on any atom is 0.0612 e. The first kappa shape index (κ1) is 6.66. The predicted molar refractivity (Wildman–Crippen MR) is 29.2 cm³/mol. The summed E-state index contributed by atoms with van der Waals surface area (Å²) in [5, 5.41) is 11.9. The van der Waals surface area contributed by atoms with Gasteiger partial charge < -0.3 is 5.11 Å². The third-order valence-electron chi connectivity index (χ3n) is 0.560. The quantitative estimate of drug-likeness (QED) is 0.488. The lowest BCUT2D eigenvalue weighted by Gasteiger charge is -1.81. The Hall–Kier alpha value is -0.340. The van der Waals surface area contributed by atoms with Crippen LogP contribution in [0.3, 0.4) is 0 Å². The maximum atomic E-state index is 8.16. The van der Waals surface area contributed by atoms with Crippen LogP contribution in [-0.4, -0.2) is 25.3 Å². The highest BCUT2D eigenvalue weighted by atomic mass is 16.2. The molecular formula is C5H10NO. The highest BCUT2D eigenvalue weighted by Gasteiger charge is 1.67. The van der Waals surface area contributed by atoms with Crippen LogP contribution in [0.1, 0.15) is 0 Å². The second kappa shape index (κ2) is 5.66. The van der Waals surface area contributed by atoms with Gasteiger partial charge in [-0.1, -0.05) is 12.2 Å². The van der Waals surface area contributed by atoms with Crippen LogP contribution < -0.4 is 5.32 Å². The van der Waals surface area contributed by atoms with E-state index in [-0.39, 0.29) is 6.61 Å². The average molecular weight is 100 g/mol. The molecule has 1 N–H and O–H groups in total. The Balaban J connectivity index is 2.78. The van der Waals surface area contributed by atoms with Crippen molar-refractivity contribution >= 4 is 0 Å². The van der Waals surface area contributed by atoms with Gasteiger partial charge in [0.2, 0.25) is 0 Å². The van der Waals surface area contributed by atoms with Crippen LogP contribution >= 0.6 is 0 Å². The summed E-state index contributed by atoms with van der Waals surface area (Å²) in [6.07, 6.45) is 3.49. The highest BCUT2D eigenvalue weighted by Crippen LogP contribution is 1.65. The number of likely N-dealkylation sites (N-methyl/N-ethyl adjacent to an activating group) is 1. The number of aliphatic hydroxyl groups excluding tert-OH is 1. The third-order valence-corrected chi connectivity index (χ3v) is 0.560. The molecule has 0 aliphatic carbocycles. The maximum absolute atomic E-state index is 8.16. The molecular weight excluding hydrogens is 90.1 g/mol. The van der Waals surface area contributed by atoms with Crippen molar-refractivity contribution in [3.63, 3.8) is 0 Å². The Morgan fingerprint density at radius 3 is 2.71 bits per heavy atom. The van der Waals surface area contributed by atoms with Gasteiger partial charge in [0.05, 0.1) is 6.61 Å². The molecule has 0 aliphatic heterocycles. The Morgan fingerprint density at radius 2 is 2.29 bits per heavy atom. The average Bonchev–Trinajstić information content (AvgIpc) is 1.69. The van der Waals surface area contributed by atoms with E-state index in [1.807, 2.05) is 6.08 Å². The molecule has 7 heavy (non-hydrogen) atoms. The SMILES string of the molecule is C[N]CC=CCO. The van der Waals surface area contributed by atoms with Crippen LogP contribution in [0.15, 0.2) is 12.2 Å². The second-order valence-electron chi connectivity index (χ2n) is 1.15. The molecule has 0 aromatic heterocycles. The lowest BCUT2D eigenvalue weighted by atomic mass is 10.5. The van der Waals surface area contributed by atoms with E-state index in [2.05, 4.69) is 5.32 Å². The first-order valence-electron chi connectivity index (χ1n) is 2.23. The van der Waals surface area contributed by atoms with Crippen LogP contribution in [0.5, 0.6) is 0 Å². The van der Waals surface area contributed by atoms with Gasteiger partial charge in [0.1, 0.15) is 0 Å². The molecule has 2 heteroatoms. The van der Waals surface area contributed by atoms with E-state index in [0.717, 1.165) is 0 Å². The number of nitrogens with zero attached hydrogens (tertiary/aromatic N) is 1. The summed E-state index contributed by atoms with van der Waals surface area (Å²) >= 11 is 0. The normalized spacial score (nSPS) is 10.6. The van der Waals surface area contributed by atoms with Crippen molar-refractivity contribution in [2.45, 2.75) is 0 Å². The molecule has 0 aromatic rings. The standard InChI is InChI=1S/C5H10NO/c1-6-4-2-3-5-7/h2-3,7H,4-5H2,1H3. The molecule has 0 saturated heterocycles. The molecule has 0 bridgehead atoms. The van der Waals surface area contributed by atoms with E-state index >= 15 is 0 Å². The van der Waals surface area contributed by atoms with E-state index in [4.69, 9.17) is 5.11 Å². The fourth-order valence-electron chi connectivity index (χ4n) is 0.254. The van der Waals surface area contributed by atoms with E-state index in [9.17, 15) is 0 Å². The summed E-state index contributed by atoms with van der Waals surface area (Å²) in [6, 6.07) is 0. The molecule has 0 heterocycles. The van der Waals surface area contributed by atoms with Crippen molar-refractivity contribution in [3.8, 4) is 0 Å². The number of hydrogen-bond donors (Lipinski definition) is 1. The first-order valence-corrected chi connectivity index (χ1v) is 2.23. The van der Waals surface area contributed by atoms with Gasteiger partial charge in [-0.2, -0.15) is 0 Å². The predicted octanol–water partition coefficient (Wildman–Crippen LogP) is -0.231. The Kier molecular flexibility index (Phi) is 5.39. The summed E-state index contributed by atoms with van der Waals surface area (Å²) in [6.45, 7) is 0.829. The summed E-state index contributed by atoms with van der Waals surface area (Å²) in [4.78, 5) is 0. The molecule has 0 rings (SSSR count). The smallest absolute Gasteiger partial charge is 0.0612 e. The Bertz CT molecular complexity index is 52.0. The van der Waals surface area contributed by atoms with Gasteiger partial charge in [-0.25, -0.2) is 5.32 Å². The second-order valence-corrected chi connectivity index (χ2v) is 1.15. The monoisotopic (exact) mass is 100 g/mol. The van der Waals surface area contributed by atoms with Gasteiger partial charge in [-0.15, -0.1) is 0 Å². The van der Waals surface area contributed by atoms with E-state index in [1.54, 1.807) is 13.1 Å². The van der Waals surface area contributed by atoms with Gasteiger partial charge in [-0.3, -0.25) is 0 Å². The molecule has 0 saturated carbocycles. The molecule has 0 unspecified atom stereocenters. The van der Waals surface area contributed by atoms with E-state index in [0.29, 0.717) is 6.54 Å². The first-order chi connectivity index (χ1) is 3.41. The van der Waals surface area contributed by atoms with Gasteiger partial charge >= 0.3 is 0 Å². The van der Waals surface area contributed by atoms with Crippen LogP contribution in [0, 0.1) is 0 Å². The number of aliphatic hydroxyl groups is 1. The van der Waals surface area contributed by atoms with Gasteiger partial charge in [0, 0.05) is 13.6 Å². The summed E-state index contributed by atoms with van der Waals surface area (Å²) in [7, 11) is 1.74. The minimum absolute atomic E-state index is 0.121. The summed E-state index contributed by atoms with van der Waals surface area (Å²) < 4.78 is 0.